The fraction of sp³-hybridized carbons (Fsp3) is 0.909. The van der Waals surface area contributed by atoms with Crippen molar-refractivity contribution in [3.63, 3.8) is 0 Å². The van der Waals surface area contributed by atoms with Gasteiger partial charge in [0.1, 0.15) is 0 Å². The predicted molar refractivity (Wildman–Crippen MR) is 55.5 cm³/mol. The molecule has 0 bridgehead atoms. The van der Waals surface area contributed by atoms with Gasteiger partial charge in [-0.2, -0.15) is 0 Å². The van der Waals surface area contributed by atoms with Crippen LogP contribution in [0.25, 0.3) is 0 Å². The summed E-state index contributed by atoms with van der Waals surface area (Å²) >= 11 is 0. The third-order valence-electron chi connectivity index (χ3n) is 3.30. The molecule has 1 aliphatic carbocycles. The molecule has 1 saturated heterocycles. The fourth-order valence-electron chi connectivity index (χ4n) is 2.24. The van der Waals surface area contributed by atoms with Crippen LogP contribution < -0.4 is 5.32 Å². The Kier molecular flexibility index (Phi) is 3.59. The predicted octanol–water partition coefficient (Wildman–Crippen LogP) is 0.707. The molecule has 0 aromatic rings. The summed E-state index contributed by atoms with van der Waals surface area (Å²) in [6, 6.07) is 0. The van der Waals surface area contributed by atoms with Gasteiger partial charge in [-0.3, -0.25) is 4.79 Å². The van der Waals surface area contributed by atoms with Gasteiger partial charge in [-0.15, -0.1) is 0 Å². The van der Waals surface area contributed by atoms with Gasteiger partial charge in [0.15, 0.2) is 0 Å². The lowest BCUT2D eigenvalue weighted by Crippen LogP contribution is -2.42. The Morgan fingerprint density at radius 2 is 1.87 bits per heavy atom. The molecule has 4 heteroatoms. The van der Waals surface area contributed by atoms with Crippen LogP contribution in [-0.4, -0.2) is 38.4 Å². The molecule has 0 radical (unpaired) electrons. The lowest BCUT2D eigenvalue weighted by molar-refractivity contribution is -0.158. The maximum Gasteiger partial charge on any atom is 0.308 e. The number of hydrogen-bond acceptors (Lipinski definition) is 4. The maximum atomic E-state index is 11.1. The lowest BCUT2D eigenvalue weighted by Gasteiger charge is -2.37. The van der Waals surface area contributed by atoms with E-state index < -0.39 is 0 Å². The van der Waals surface area contributed by atoms with Gasteiger partial charge in [0.25, 0.3) is 0 Å². The van der Waals surface area contributed by atoms with Crippen LogP contribution in [0, 0.1) is 5.92 Å². The van der Waals surface area contributed by atoms with Gasteiger partial charge >= 0.3 is 5.97 Å². The molecule has 2 rings (SSSR count). The van der Waals surface area contributed by atoms with Gasteiger partial charge in [0.05, 0.1) is 25.2 Å². The summed E-state index contributed by atoms with van der Waals surface area (Å²) in [6.07, 6.45) is 4.57. The normalized spacial score (nSPS) is 32.1. The van der Waals surface area contributed by atoms with Gasteiger partial charge in [0, 0.05) is 0 Å². The molecule has 2 aliphatic rings. The number of methoxy groups -OCH3 is 1. The second-order valence-corrected chi connectivity index (χ2v) is 4.40. The van der Waals surface area contributed by atoms with E-state index in [0.717, 1.165) is 38.8 Å². The second kappa shape index (κ2) is 4.94. The topological polar surface area (TPSA) is 47.6 Å². The average molecular weight is 213 g/mol. The first-order valence-electron chi connectivity index (χ1n) is 5.73. The first-order chi connectivity index (χ1) is 7.29. The highest BCUT2D eigenvalue weighted by atomic mass is 16.5. The zero-order valence-corrected chi connectivity index (χ0v) is 9.20. The fourth-order valence-corrected chi connectivity index (χ4v) is 2.24. The van der Waals surface area contributed by atoms with Crippen LogP contribution >= 0.6 is 0 Å². The van der Waals surface area contributed by atoms with E-state index in [1.54, 1.807) is 0 Å². The summed E-state index contributed by atoms with van der Waals surface area (Å²) in [5.74, 6) is 0.00174. The molecule has 86 valence electrons. The molecule has 15 heavy (non-hydrogen) atoms. The van der Waals surface area contributed by atoms with E-state index in [9.17, 15) is 4.79 Å². The highest BCUT2D eigenvalue weighted by Gasteiger charge is 2.37. The molecule has 0 atom stereocenters. The number of ether oxygens (including phenoxy) is 2. The van der Waals surface area contributed by atoms with Crippen LogP contribution in [0.5, 0.6) is 0 Å². The van der Waals surface area contributed by atoms with E-state index in [1.807, 2.05) is 0 Å². The van der Waals surface area contributed by atoms with Crippen molar-refractivity contribution in [2.45, 2.75) is 37.9 Å². The quantitative estimate of drug-likeness (QED) is 0.701. The number of esters is 1. The zero-order chi connectivity index (χ0) is 10.7. The third kappa shape index (κ3) is 2.69. The molecule has 1 N–H and O–H groups in total. The molecular formula is C11H19NO3. The van der Waals surface area contributed by atoms with Crippen LogP contribution in [0.3, 0.4) is 0 Å². The summed E-state index contributed by atoms with van der Waals surface area (Å²) < 4.78 is 10.6. The van der Waals surface area contributed by atoms with Crippen molar-refractivity contribution in [2.75, 3.05) is 20.2 Å². The van der Waals surface area contributed by atoms with Gasteiger partial charge in [-0.05, 0) is 38.8 Å². The molecule has 0 aromatic carbocycles. The Balaban J connectivity index is 1.64. The molecule has 0 amide bonds. The molecule has 1 saturated carbocycles. The van der Waals surface area contributed by atoms with Crippen molar-refractivity contribution in [1.82, 2.24) is 5.32 Å². The van der Waals surface area contributed by atoms with Crippen LogP contribution in [0.4, 0.5) is 0 Å². The minimum absolute atomic E-state index is 0.0832. The minimum atomic E-state index is -0.0832. The number of carbonyl (C=O) groups is 1. The Morgan fingerprint density at radius 1 is 1.20 bits per heavy atom. The van der Waals surface area contributed by atoms with Crippen molar-refractivity contribution in [3.05, 3.63) is 0 Å². The highest BCUT2D eigenvalue weighted by Crippen LogP contribution is 2.32. The number of rotatable bonds is 3. The first kappa shape index (κ1) is 10.9. The molecule has 0 unspecified atom stereocenters. The summed E-state index contributed by atoms with van der Waals surface area (Å²) in [4.78, 5) is 11.1. The summed E-state index contributed by atoms with van der Waals surface area (Å²) in [7, 11) is 1.45. The van der Waals surface area contributed by atoms with E-state index in [4.69, 9.17) is 4.74 Å². The van der Waals surface area contributed by atoms with Crippen molar-refractivity contribution < 1.29 is 14.3 Å². The molecule has 4 nitrogen and oxygen atoms in total. The lowest BCUT2D eigenvalue weighted by atomic mass is 9.82. The van der Waals surface area contributed by atoms with Gasteiger partial charge in [0.2, 0.25) is 0 Å². The standard InChI is InChI=1S/C11H19NO3/c1-14-11(13)8-6-10(7-8)15-9-2-4-12-5-3-9/h8-10,12H,2-7H2,1H3. The Hall–Kier alpha value is -0.610. The number of piperidine rings is 1. The molecular weight excluding hydrogens is 194 g/mol. The third-order valence-corrected chi connectivity index (χ3v) is 3.30. The molecule has 1 aliphatic heterocycles. The molecule has 0 aromatic heterocycles. The van der Waals surface area contributed by atoms with Gasteiger partial charge in [-0.1, -0.05) is 0 Å². The second-order valence-electron chi connectivity index (χ2n) is 4.40. The number of hydrogen-bond donors (Lipinski definition) is 1. The van der Waals surface area contributed by atoms with E-state index in [-0.39, 0.29) is 18.0 Å². The van der Waals surface area contributed by atoms with Crippen molar-refractivity contribution in [1.29, 1.82) is 0 Å². The first-order valence-corrected chi connectivity index (χ1v) is 5.73. The van der Waals surface area contributed by atoms with Crippen LogP contribution in [-0.2, 0) is 14.3 Å². The van der Waals surface area contributed by atoms with E-state index in [2.05, 4.69) is 10.1 Å². The summed E-state index contributed by atoms with van der Waals surface area (Å²) in [5.41, 5.74) is 0. The van der Waals surface area contributed by atoms with Gasteiger partial charge in [-0.25, -0.2) is 0 Å². The Bertz CT molecular complexity index is 220. The monoisotopic (exact) mass is 213 g/mol. The zero-order valence-electron chi connectivity index (χ0n) is 9.20. The molecule has 0 spiro atoms. The summed E-state index contributed by atoms with van der Waals surface area (Å²) in [6.45, 7) is 2.11. The summed E-state index contributed by atoms with van der Waals surface area (Å²) in [5, 5.41) is 3.31. The van der Waals surface area contributed by atoms with Crippen molar-refractivity contribution >= 4 is 5.97 Å². The maximum absolute atomic E-state index is 11.1. The average Bonchev–Trinajstić information content (AvgIpc) is 2.23. The Labute approximate surface area is 90.3 Å². The minimum Gasteiger partial charge on any atom is -0.469 e. The van der Waals surface area contributed by atoms with Crippen LogP contribution in [0.1, 0.15) is 25.7 Å². The van der Waals surface area contributed by atoms with Crippen molar-refractivity contribution in [2.24, 2.45) is 5.92 Å². The molecule has 2 fully saturated rings. The Morgan fingerprint density at radius 3 is 2.47 bits per heavy atom. The highest BCUT2D eigenvalue weighted by molar-refractivity contribution is 5.73. The van der Waals surface area contributed by atoms with Crippen LogP contribution in [0.15, 0.2) is 0 Å². The van der Waals surface area contributed by atoms with E-state index in [1.165, 1.54) is 7.11 Å². The SMILES string of the molecule is COC(=O)C1CC(OC2CCNCC2)C1. The largest absolute Gasteiger partial charge is 0.469 e. The van der Waals surface area contributed by atoms with Crippen molar-refractivity contribution in [3.8, 4) is 0 Å². The van der Waals surface area contributed by atoms with Crippen LogP contribution in [0.2, 0.25) is 0 Å². The van der Waals surface area contributed by atoms with Gasteiger partial charge < -0.3 is 14.8 Å². The smallest absolute Gasteiger partial charge is 0.308 e. The van der Waals surface area contributed by atoms with E-state index >= 15 is 0 Å². The number of carbonyl (C=O) groups excluding carboxylic acids is 1. The van der Waals surface area contributed by atoms with E-state index in [0.29, 0.717) is 6.10 Å². The molecule has 1 heterocycles. The number of nitrogens with one attached hydrogen (secondary N) is 1.